The van der Waals surface area contributed by atoms with Crippen molar-refractivity contribution in [2.45, 2.75) is 4.90 Å². The van der Waals surface area contributed by atoms with Crippen molar-refractivity contribution in [3.8, 4) is 0 Å². The predicted octanol–water partition coefficient (Wildman–Crippen LogP) is 2.48. The molecule has 8 heteroatoms. The fourth-order valence-electron chi connectivity index (χ4n) is 1.31. The van der Waals surface area contributed by atoms with Crippen molar-refractivity contribution in [3.63, 3.8) is 0 Å². The van der Waals surface area contributed by atoms with Crippen LogP contribution in [-0.4, -0.2) is 18.2 Å². The number of hydrogen-bond acceptors (Lipinski definition) is 3. The smallest absolute Gasteiger partial charge is 0.265 e. The van der Waals surface area contributed by atoms with E-state index in [2.05, 4.69) is 32.4 Å². The molecule has 2 aromatic rings. The minimum absolute atomic E-state index is 0.0969. The number of anilines is 1. The molecule has 0 amide bonds. The van der Waals surface area contributed by atoms with Crippen molar-refractivity contribution in [1.82, 2.24) is 9.78 Å². The first-order chi connectivity index (χ1) is 8.38. The molecule has 2 rings (SSSR count). The molecule has 0 aliphatic rings. The summed E-state index contributed by atoms with van der Waals surface area (Å²) >= 11 is 8.07. The quantitative estimate of drug-likeness (QED) is 0.809. The van der Waals surface area contributed by atoms with E-state index in [-0.39, 0.29) is 4.90 Å². The van der Waals surface area contributed by atoms with Gasteiger partial charge in [0.2, 0.25) is 0 Å². The summed E-state index contributed by atoms with van der Waals surface area (Å²) in [6.45, 7) is 0. The van der Waals surface area contributed by atoms with Gasteiger partial charge in [0.25, 0.3) is 10.0 Å². The summed E-state index contributed by atoms with van der Waals surface area (Å²) < 4.78 is 28.8. The summed E-state index contributed by atoms with van der Waals surface area (Å²) in [7, 11) is -2.00. The molecule has 0 spiro atoms. The van der Waals surface area contributed by atoms with E-state index in [1.807, 2.05) is 0 Å². The number of nitrogens with zero attached hydrogens (tertiary/aromatic N) is 2. The Morgan fingerprint density at radius 2 is 2.17 bits per heavy atom. The molecule has 1 aromatic carbocycles. The second-order valence-electron chi connectivity index (χ2n) is 3.58. The summed E-state index contributed by atoms with van der Waals surface area (Å²) in [4.78, 5) is 0.0969. The highest BCUT2D eigenvalue weighted by Gasteiger charge is 2.17. The van der Waals surface area contributed by atoms with Crippen molar-refractivity contribution in [1.29, 1.82) is 0 Å². The van der Waals surface area contributed by atoms with Crippen LogP contribution in [0.25, 0.3) is 0 Å². The van der Waals surface area contributed by atoms with E-state index in [0.717, 1.165) is 3.57 Å². The van der Waals surface area contributed by atoms with Gasteiger partial charge < -0.3 is 0 Å². The summed E-state index contributed by atoms with van der Waals surface area (Å²) in [6, 6.07) is 5.08. The van der Waals surface area contributed by atoms with Crippen molar-refractivity contribution < 1.29 is 8.42 Å². The number of benzene rings is 1. The number of aromatic nitrogens is 2. The minimum Gasteiger partial charge on any atom is -0.278 e. The van der Waals surface area contributed by atoms with Gasteiger partial charge in [0, 0.05) is 16.8 Å². The van der Waals surface area contributed by atoms with E-state index in [4.69, 9.17) is 11.6 Å². The lowest BCUT2D eigenvalue weighted by molar-refractivity contribution is 0.601. The number of rotatable bonds is 3. The molecule has 96 valence electrons. The van der Waals surface area contributed by atoms with E-state index in [0.29, 0.717) is 10.7 Å². The zero-order valence-electron chi connectivity index (χ0n) is 9.26. The molecule has 0 aliphatic heterocycles. The first kappa shape index (κ1) is 13.6. The van der Waals surface area contributed by atoms with Gasteiger partial charge in [0.05, 0.1) is 16.9 Å². The Hall–Kier alpha value is -0.800. The van der Waals surface area contributed by atoms with Crippen LogP contribution in [0.2, 0.25) is 5.02 Å². The molecule has 0 aliphatic carbocycles. The summed E-state index contributed by atoms with van der Waals surface area (Å²) in [6.07, 6.45) is 2.70. The summed E-state index contributed by atoms with van der Waals surface area (Å²) in [5.41, 5.74) is 0.348. The highest BCUT2D eigenvalue weighted by atomic mass is 127. The molecular weight excluding hydrogens is 389 g/mol. The van der Waals surface area contributed by atoms with Crippen LogP contribution in [0.15, 0.2) is 35.5 Å². The van der Waals surface area contributed by atoms with Crippen molar-refractivity contribution >= 4 is 49.9 Å². The van der Waals surface area contributed by atoms with Gasteiger partial charge in [-0.2, -0.15) is 5.10 Å². The number of hydrogen-bond donors (Lipinski definition) is 1. The van der Waals surface area contributed by atoms with E-state index in [9.17, 15) is 8.42 Å². The standard InChI is InChI=1S/C10H9ClIN3O2S/c1-15-6-8(5-13-15)18(16,17)14-10-3-2-7(12)4-9(10)11/h2-6,14H,1H3. The van der Waals surface area contributed by atoms with Crippen molar-refractivity contribution in [2.24, 2.45) is 7.05 Å². The number of nitrogens with one attached hydrogen (secondary N) is 1. The lowest BCUT2D eigenvalue weighted by Crippen LogP contribution is -2.12. The van der Waals surface area contributed by atoms with Crippen LogP contribution >= 0.6 is 34.2 Å². The molecule has 1 N–H and O–H groups in total. The maximum Gasteiger partial charge on any atom is 0.265 e. The fraction of sp³-hybridized carbons (Fsp3) is 0.100. The molecule has 5 nitrogen and oxygen atoms in total. The second kappa shape index (κ2) is 5.06. The van der Waals surface area contributed by atoms with E-state index in [1.165, 1.54) is 17.1 Å². The monoisotopic (exact) mass is 397 g/mol. The summed E-state index contributed by atoms with van der Waals surface area (Å²) in [5.74, 6) is 0. The normalized spacial score (nSPS) is 11.5. The zero-order valence-corrected chi connectivity index (χ0v) is 13.0. The van der Waals surface area contributed by atoms with Gasteiger partial charge in [-0.3, -0.25) is 9.40 Å². The highest BCUT2D eigenvalue weighted by molar-refractivity contribution is 14.1. The zero-order chi connectivity index (χ0) is 13.3. The van der Waals surface area contributed by atoms with Gasteiger partial charge in [-0.05, 0) is 40.8 Å². The predicted molar refractivity (Wildman–Crippen MR) is 78.2 cm³/mol. The third kappa shape index (κ3) is 2.96. The first-order valence-electron chi connectivity index (χ1n) is 4.85. The average Bonchev–Trinajstić information content (AvgIpc) is 2.70. The molecule has 0 atom stereocenters. The fourth-order valence-corrected chi connectivity index (χ4v) is 3.34. The Bertz CT molecular complexity index is 684. The van der Waals surface area contributed by atoms with Crippen LogP contribution in [-0.2, 0) is 17.1 Å². The molecule has 0 saturated heterocycles. The average molecular weight is 398 g/mol. The van der Waals surface area contributed by atoms with E-state index < -0.39 is 10.0 Å². The minimum atomic E-state index is -3.65. The number of aryl methyl sites for hydroxylation is 1. The molecule has 1 aromatic heterocycles. The van der Waals surface area contributed by atoms with Gasteiger partial charge in [-0.15, -0.1) is 0 Å². The molecule has 0 radical (unpaired) electrons. The van der Waals surface area contributed by atoms with Crippen LogP contribution in [0.3, 0.4) is 0 Å². The molecule has 0 saturated carbocycles. The van der Waals surface area contributed by atoms with Crippen molar-refractivity contribution in [2.75, 3.05) is 4.72 Å². The molecular formula is C10H9ClIN3O2S. The first-order valence-corrected chi connectivity index (χ1v) is 7.79. The topological polar surface area (TPSA) is 64.0 Å². The Morgan fingerprint density at radius 3 is 2.72 bits per heavy atom. The van der Waals surface area contributed by atoms with E-state index >= 15 is 0 Å². The number of sulfonamides is 1. The van der Waals surface area contributed by atoms with Crippen LogP contribution in [0, 0.1) is 3.57 Å². The Labute approximate surface area is 123 Å². The number of halogens is 2. The van der Waals surface area contributed by atoms with Crippen LogP contribution in [0.1, 0.15) is 0 Å². The Morgan fingerprint density at radius 1 is 1.44 bits per heavy atom. The lowest BCUT2D eigenvalue weighted by atomic mass is 10.3. The largest absolute Gasteiger partial charge is 0.278 e. The third-order valence-electron chi connectivity index (χ3n) is 2.17. The van der Waals surface area contributed by atoms with Crippen LogP contribution in [0.4, 0.5) is 5.69 Å². The maximum absolute atomic E-state index is 12.0. The Kier molecular flexibility index (Phi) is 3.83. The molecule has 0 unspecified atom stereocenters. The van der Waals surface area contributed by atoms with Crippen LogP contribution < -0.4 is 4.72 Å². The van der Waals surface area contributed by atoms with Crippen LogP contribution in [0.5, 0.6) is 0 Å². The highest BCUT2D eigenvalue weighted by Crippen LogP contribution is 2.26. The molecule has 0 fully saturated rings. The third-order valence-corrected chi connectivity index (χ3v) is 4.47. The summed E-state index contributed by atoms with van der Waals surface area (Å²) in [5, 5.41) is 4.18. The Balaban J connectivity index is 2.33. The van der Waals surface area contributed by atoms with Gasteiger partial charge in [-0.1, -0.05) is 11.6 Å². The van der Waals surface area contributed by atoms with Gasteiger partial charge >= 0.3 is 0 Å². The molecule has 1 heterocycles. The van der Waals surface area contributed by atoms with Gasteiger partial charge in [0.1, 0.15) is 4.90 Å². The molecule has 18 heavy (non-hydrogen) atoms. The molecule has 0 bridgehead atoms. The van der Waals surface area contributed by atoms with Gasteiger partial charge in [0.15, 0.2) is 0 Å². The van der Waals surface area contributed by atoms with Gasteiger partial charge in [-0.25, -0.2) is 8.42 Å². The lowest BCUT2D eigenvalue weighted by Gasteiger charge is -2.08. The SMILES string of the molecule is Cn1cc(S(=O)(=O)Nc2ccc(I)cc2Cl)cn1. The second-order valence-corrected chi connectivity index (χ2v) is 6.91. The maximum atomic E-state index is 12.0. The van der Waals surface area contributed by atoms with E-state index in [1.54, 1.807) is 25.2 Å². The van der Waals surface area contributed by atoms with Crippen molar-refractivity contribution in [3.05, 3.63) is 39.2 Å².